The largest absolute Gasteiger partial charge is 0.478 e. The summed E-state index contributed by atoms with van der Waals surface area (Å²) >= 11 is 3.56. The number of rotatable bonds is 7. The molecule has 23 heavy (non-hydrogen) atoms. The van der Waals surface area contributed by atoms with E-state index in [4.69, 9.17) is 5.11 Å². The molecule has 1 fully saturated rings. The second-order valence-electron chi connectivity index (χ2n) is 6.66. The average Bonchev–Trinajstić information content (AvgIpc) is 2.54. The molecule has 0 unspecified atom stereocenters. The normalized spacial score (nSPS) is 21.7. The highest BCUT2D eigenvalue weighted by molar-refractivity contribution is 9.10. The molecule has 0 saturated heterocycles. The molecule has 1 saturated carbocycles. The van der Waals surface area contributed by atoms with Crippen molar-refractivity contribution in [1.29, 1.82) is 0 Å². The molecule has 2 rings (SSSR count). The van der Waals surface area contributed by atoms with Gasteiger partial charge < -0.3 is 5.11 Å². The number of halogens is 1. The van der Waals surface area contributed by atoms with Crippen molar-refractivity contribution in [2.75, 3.05) is 0 Å². The summed E-state index contributed by atoms with van der Waals surface area (Å²) in [5.74, 6) is 0.560. The second kappa shape index (κ2) is 9.27. The van der Waals surface area contributed by atoms with E-state index in [0.29, 0.717) is 5.92 Å². The maximum Gasteiger partial charge on any atom is 0.328 e. The van der Waals surface area contributed by atoms with E-state index < -0.39 is 5.97 Å². The molecule has 126 valence electrons. The van der Waals surface area contributed by atoms with E-state index in [0.717, 1.165) is 16.0 Å². The van der Waals surface area contributed by atoms with Crippen LogP contribution in [0.25, 0.3) is 6.08 Å². The van der Waals surface area contributed by atoms with Crippen LogP contribution in [0.5, 0.6) is 0 Å². The summed E-state index contributed by atoms with van der Waals surface area (Å²) in [5.41, 5.74) is 2.34. The van der Waals surface area contributed by atoms with Crippen molar-refractivity contribution in [3.8, 4) is 0 Å². The van der Waals surface area contributed by atoms with Crippen LogP contribution in [0.15, 0.2) is 28.7 Å². The maximum atomic E-state index is 10.8. The lowest BCUT2D eigenvalue weighted by molar-refractivity contribution is -0.131. The second-order valence-corrected chi connectivity index (χ2v) is 7.57. The molecule has 0 radical (unpaired) electrons. The van der Waals surface area contributed by atoms with Crippen molar-refractivity contribution in [1.82, 2.24) is 0 Å². The predicted molar refractivity (Wildman–Crippen MR) is 99.7 cm³/mol. The Morgan fingerprint density at radius 2 is 2.00 bits per heavy atom. The number of hydrogen-bond donors (Lipinski definition) is 1. The molecular weight excluding hydrogens is 352 g/mol. The number of carboxylic acid groups (broad SMARTS) is 1. The molecule has 3 heteroatoms. The smallest absolute Gasteiger partial charge is 0.328 e. The summed E-state index contributed by atoms with van der Waals surface area (Å²) in [5, 5.41) is 8.87. The van der Waals surface area contributed by atoms with Crippen LogP contribution in [-0.4, -0.2) is 11.1 Å². The van der Waals surface area contributed by atoms with Crippen LogP contribution < -0.4 is 0 Å². The molecule has 0 spiro atoms. The lowest BCUT2D eigenvalue weighted by atomic mass is 9.76. The molecule has 0 bridgehead atoms. The zero-order chi connectivity index (χ0) is 16.7. The van der Waals surface area contributed by atoms with Crippen molar-refractivity contribution in [3.05, 3.63) is 39.9 Å². The van der Waals surface area contributed by atoms with E-state index in [2.05, 4.69) is 28.9 Å². The minimum absolute atomic E-state index is 0.559. The van der Waals surface area contributed by atoms with Gasteiger partial charge in [-0.1, -0.05) is 54.6 Å². The van der Waals surface area contributed by atoms with Crippen LogP contribution in [0.4, 0.5) is 0 Å². The highest BCUT2D eigenvalue weighted by Gasteiger charge is 2.23. The number of benzene rings is 1. The van der Waals surface area contributed by atoms with Gasteiger partial charge in [0.15, 0.2) is 0 Å². The fourth-order valence-electron chi connectivity index (χ4n) is 3.66. The van der Waals surface area contributed by atoms with Gasteiger partial charge in [0, 0.05) is 10.5 Å². The van der Waals surface area contributed by atoms with Gasteiger partial charge in [-0.25, -0.2) is 4.79 Å². The molecule has 1 aliphatic carbocycles. The predicted octanol–water partition coefficient (Wildman–Crippen LogP) is 6.40. The third kappa shape index (κ3) is 5.80. The van der Waals surface area contributed by atoms with Crippen molar-refractivity contribution in [2.24, 2.45) is 5.92 Å². The molecule has 1 N–H and O–H groups in total. The van der Waals surface area contributed by atoms with Gasteiger partial charge in [0.05, 0.1) is 0 Å². The van der Waals surface area contributed by atoms with Crippen LogP contribution in [0, 0.1) is 5.92 Å². The summed E-state index contributed by atoms with van der Waals surface area (Å²) in [6.07, 6.45) is 13.4. The molecule has 1 aromatic rings. The van der Waals surface area contributed by atoms with E-state index >= 15 is 0 Å². The minimum atomic E-state index is -0.890. The molecule has 1 aliphatic rings. The Labute approximate surface area is 148 Å². The first-order valence-corrected chi connectivity index (χ1v) is 9.60. The van der Waals surface area contributed by atoms with Gasteiger partial charge in [-0.15, -0.1) is 0 Å². The Kier molecular flexibility index (Phi) is 7.35. The SMILES string of the molecule is CCCCCC1CCC(c2cc(Br)ccc2C=CC(=O)O)CC1. The lowest BCUT2D eigenvalue weighted by Gasteiger charge is -2.30. The number of carboxylic acids is 1. The molecule has 0 amide bonds. The van der Waals surface area contributed by atoms with Crippen molar-refractivity contribution in [3.63, 3.8) is 0 Å². The van der Waals surface area contributed by atoms with Crippen molar-refractivity contribution >= 4 is 28.0 Å². The van der Waals surface area contributed by atoms with Gasteiger partial charge in [-0.3, -0.25) is 0 Å². The molecule has 2 nitrogen and oxygen atoms in total. The van der Waals surface area contributed by atoms with Crippen LogP contribution in [0.2, 0.25) is 0 Å². The Hall–Kier alpha value is -1.09. The topological polar surface area (TPSA) is 37.3 Å². The number of aliphatic carboxylic acids is 1. The first-order chi connectivity index (χ1) is 11.1. The van der Waals surface area contributed by atoms with Gasteiger partial charge in [0.25, 0.3) is 0 Å². The van der Waals surface area contributed by atoms with Gasteiger partial charge >= 0.3 is 5.97 Å². The fraction of sp³-hybridized carbons (Fsp3) is 0.550. The quantitative estimate of drug-likeness (QED) is 0.440. The summed E-state index contributed by atoms with van der Waals surface area (Å²) < 4.78 is 1.07. The van der Waals surface area contributed by atoms with E-state index in [1.54, 1.807) is 6.08 Å². The fourth-order valence-corrected chi connectivity index (χ4v) is 4.04. The highest BCUT2D eigenvalue weighted by atomic mass is 79.9. The van der Waals surface area contributed by atoms with Gasteiger partial charge in [0.2, 0.25) is 0 Å². The molecule has 0 aromatic heterocycles. The van der Waals surface area contributed by atoms with E-state index in [1.807, 2.05) is 12.1 Å². The first-order valence-electron chi connectivity index (χ1n) is 8.80. The minimum Gasteiger partial charge on any atom is -0.478 e. The maximum absolute atomic E-state index is 10.8. The number of hydrogen-bond acceptors (Lipinski definition) is 1. The molecule has 1 aromatic carbocycles. The Morgan fingerprint density at radius 1 is 1.26 bits per heavy atom. The molecule has 0 heterocycles. The zero-order valence-corrected chi connectivity index (χ0v) is 15.5. The van der Waals surface area contributed by atoms with E-state index in [1.165, 1.54) is 63.0 Å². The lowest BCUT2D eigenvalue weighted by Crippen LogP contribution is -2.14. The number of carbonyl (C=O) groups is 1. The third-order valence-electron chi connectivity index (χ3n) is 4.96. The monoisotopic (exact) mass is 378 g/mol. The zero-order valence-electron chi connectivity index (χ0n) is 13.9. The van der Waals surface area contributed by atoms with Crippen molar-refractivity contribution < 1.29 is 9.90 Å². The van der Waals surface area contributed by atoms with Crippen LogP contribution in [-0.2, 0) is 4.79 Å². The highest BCUT2D eigenvalue weighted by Crippen LogP contribution is 2.40. The third-order valence-corrected chi connectivity index (χ3v) is 5.45. The van der Waals surface area contributed by atoms with Crippen molar-refractivity contribution in [2.45, 2.75) is 64.2 Å². The molecular formula is C20H27BrO2. The molecule has 0 aliphatic heterocycles. The van der Waals surface area contributed by atoms with Crippen LogP contribution in [0.3, 0.4) is 0 Å². The van der Waals surface area contributed by atoms with E-state index in [9.17, 15) is 4.79 Å². The molecule has 0 atom stereocenters. The van der Waals surface area contributed by atoms with E-state index in [-0.39, 0.29) is 0 Å². The van der Waals surface area contributed by atoms with Gasteiger partial charge in [-0.05, 0) is 66.9 Å². The Balaban J connectivity index is 2.02. The Bertz CT molecular complexity index is 543. The Morgan fingerprint density at radius 3 is 2.65 bits per heavy atom. The average molecular weight is 379 g/mol. The summed E-state index contributed by atoms with van der Waals surface area (Å²) in [7, 11) is 0. The standard InChI is InChI=1S/C20H27BrO2/c1-2-3-4-5-15-6-8-16(9-7-15)19-14-18(21)12-10-17(19)11-13-20(22)23/h10-16H,2-9H2,1H3,(H,22,23). The van der Waals surface area contributed by atoms with Crippen LogP contribution >= 0.6 is 15.9 Å². The summed E-state index contributed by atoms with van der Waals surface area (Å²) in [4.78, 5) is 10.8. The summed E-state index contributed by atoms with van der Waals surface area (Å²) in [6, 6.07) is 6.18. The summed E-state index contributed by atoms with van der Waals surface area (Å²) in [6.45, 7) is 2.26. The van der Waals surface area contributed by atoms with Gasteiger partial charge in [0.1, 0.15) is 0 Å². The first kappa shape index (κ1) is 18.3. The van der Waals surface area contributed by atoms with Gasteiger partial charge in [-0.2, -0.15) is 0 Å². The number of unbranched alkanes of at least 4 members (excludes halogenated alkanes) is 2. The van der Waals surface area contributed by atoms with Crippen LogP contribution in [0.1, 0.15) is 75.3 Å².